The number of nitrogens with two attached hydrogens (primary N) is 1. The Bertz CT molecular complexity index is 983. The van der Waals surface area contributed by atoms with Gasteiger partial charge in [-0.05, 0) is 42.1 Å². The number of amides is 2. The van der Waals surface area contributed by atoms with Gasteiger partial charge in [0, 0.05) is 22.5 Å². The van der Waals surface area contributed by atoms with Crippen LogP contribution in [0.25, 0.3) is 6.08 Å². The van der Waals surface area contributed by atoms with Gasteiger partial charge in [-0.15, -0.1) is 0 Å². The number of primary amides is 1. The first-order valence-corrected chi connectivity index (χ1v) is 10.4. The average molecular weight is 384 g/mol. The number of hydrogen-bond acceptors (Lipinski definition) is 3. The van der Waals surface area contributed by atoms with Gasteiger partial charge in [-0.1, -0.05) is 60.9 Å². The van der Waals surface area contributed by atoms with Crippen LogP contribution < -0.4 is 11.0 Å². The molecule has 1 aliphatic heterocycles. The molecule has 0 spiro atoms. The van der Waals surface area contributed by atoms with E-state index in [0.717, 1.165) is 33.3 Å². The first-order chi connectivity index (χ1) is 13.1. The predicted molar refractivity (Wildman–Crippen MR) is 109 cm³/mol. The lowest BCUT2D eigenvalue weighted by atomic mass is 10.1. The molecule has 0 fully saturated rings. The first kappa shape index (κ1) is 19.3. The summed E-state index contributed by atoms with van der Waals surface area (Å²) in [5, 5.41) is 1.07. The number of fused-ring (bicyclic) bond motifs is 2. The Morgan fingerprint density at radius 1 is 0.963 bits per heavy atom. The van der Waals surface area contributed by atoms with Crippen LogP contribution in [0.15, 0.2) is 53.4 Å². The number of hydrogen-bond donors (Lipinski definition) is 1. The summed E-state index contributed by atoms with van der Waals surface area (Å²) >= 11 is 0. The number of nitrogens with zero attached hydrogens (tertiary/aromatic N) is 2. The molecule has 0 saturated heterocycles. The zero-order chi connectivity index (χ0) is 19.4. The number of carbonyl (C=O) groups is 2. The molecule has 0 aliphatic carbocycles. The van der Waals surface area contributed by atoms with E-state index in [9.17, 15) is 9.59 Å². The Morgan fingerprint density at radius 2 is 1.63 bits per heavy atom. The van der Waals surface area contributed by atoms with Crippen LogP contribution in [0.2, 0.25) is 0 Å². The van der Waals surface area contributed by atoms with E-state index in [1.54, 1.807) is 4.31 Å². The molecule has 142 valence electrons. The van der Waals surface area contributed by atoms with Gasteiger partial charge in [0.1, 0.15) is 0 Å². The van der Waals surface area contributed by atoms with Crippen LogP contribution in [-0.2, 0) is 9.59 Å². The van der Waals surface area contributed by atoms with Gasteiger partial charge in [-0.3, -0.25) is 13.9 Å². The summed E-state index contributed by atoms with van der Waals surface area (Å²) in [5.41, 5.74) is 6.48. The van der Waals surface area contributed by atoms with Gasteiger partial charge in [-0.2, -0.15) is 0 Å². The summed E-state index contributed by atoms with van der Waals surface area (Å²) in [7, 11) is -0.678. The van der Waals surface area contributed by atoms with Crippen molar-refractivity contribution in [1.29, 1.82) is 0 Å². The lowest BCUT2D eigenvalue weighted by Crippen LogP contribution is -2.42. The van der Waals surface area contributed by atoms with Gasteiger partial charge in [0.05, 0.1) is 0 Å². The van der Waals surface area contributed by atoms with Crippen LogP contribution in [0.3, 0.4) is 0 Å². The minimum Gasteiger partial charge on any atom is -0.361 e. The molecule has 2 amide bonds. The average Bonchev–Trinajstić information content (AvgIpc) is 2.69. The van der Waals surface area contributed by atoms with Crippen molar-refractivity contribution in [2.45, 2.75) is 18.7 Å². The highest BCUT2D eigenvalue weighted by atomic mass is 32.2. The Kier molecular flexibility index (Phi) is 6.08. The molecule has 1 unspecified atom stereocenters. The third-order valence-electron chi connectivity index (χ3n) is 4.74. The van der Waals surface area contributed by atoms with Gasteiger partial charge >= 0.3 is 11.8 Å². The molecule has 2 aromatic rings. The van der Waals surface area contributed by atoms with E-state index in [1.807, 2.05) is 48.5 Å². The molecule has 0 bridgehead atoms. The highest BCUT2D eigenvalue weighted by molar-refractivity contribution is 8.08. The highest BCUT2D eigenvalue weighted by Gasteiger charge is 2.26. The van der Waals surface area contributed by atoms with Crippen LogP contribution >= 0.6 is 10.7 Å². The molecule has 3 rings (SSSR count). The number of rotatable bonds is 6. The van der Waals surface area contributed by atoms with Gasteiger partial charge in [0.2, 0.25) is 0 Å². The smallest absolute Gasteiger partial charge is 0.321 e. The van der Waals surface area contributed by atoms with E-state index in [2.05, 4.69) is 24.8 Å². The normalized spacial score (nSPS) is 14.9. The quantitative estimate of drug-likeness (QED) is 0.613. The summed E-state index contributed by atoms with van der Waals surface area (Å²) in [6, 6.07) is 16.1. The van der Waals surface area contributed by atoms with Crippen molar-refractivity contribution in [3.05, 3.63) is 63.8 Å². The number of likely N-dealkylation sites (N-methyl/N-ethyl adjacent to an activating group) is 1. The van der Waals surface area contributed by atoms with Crippen molar-refractivity contribution in [2.75, 3.05) is 26.2 Å². The molecule has 27 heavy (non-hydrogen) atoms. The van der Waals surface area contributed by atoms with Crippen molar-refractivity contribution in [3.8, 4) is 0 Å². The SMILES string of the molecule is CCN(CC)CCN(C(=O)C(N)=O)S1=c2ccccc2=Cc2ccccc21. The largest absolute Gasteiger partial charge is 0.361 e. The van der Waals surface area contributed by atoms with Crippen molar-refractivity contribution >= 4 is 28.6 Å². The summed E-state index contributed by atoms with van der Waals surface area (Å²) in [5.74, 6) is -1.54. The molecule has 1 heterocycles. The predicted octanol–water partition coefficient (Wildman–Crippen LogP) is 1.98. The first-order valence-electron chi connectivity index (χ1n) is 9.17. The van der Waals surface area contributed by atoms with Crippen LogP contribution in [0, 0.1) is 4.51 Å². The maximum absolute atomic E-state index is 12.8. The third-order valence-corrected chi connectivity index (χ3v) is 7.10. The second kappa shape index (κ2) is 8.50. The minimum atomic E-state index is -0.911. The molecule has 6 heteroatoms. The molecule has 2 aromatic carbocycles. The number of carbonyl (C=O) groups excluding carboxylic acids is 2. The van der Waals surface area contributed by atoms with E-state index in [-0.39, 0.29) is 0 Å². The zero-order valence-corrected chi connectivity index (χ0v) is 16.5. The summed E-state index contributed by atoms with van der Waals surface area (Å²) in [6.45, 7) is 7.12. The second-order valence-corrected chi connectivity index (χ2v) is 8.19. The maximum Gasteiger partial charge on any atom is 0.321 e. The van der Waals surface area contributed by atoms with E-state index < -0.39 is 22.5 Å². The van der Waals surface area contributed by atoms with Crippen LogP contribution in [0.4, 0.5) is 0 Å². The highest BCUT2D eigenvalue weighted by Crippen LogP contribution is 2.38. The summed E-state index contributed by atoms with van der Waals surface area (Å²) in [6.07, 6.45) is 2.13. The van der Waals surface area contributed by atoms with Crippen molar-refractivity contribution < 1.29 is 9.59 Å². The Balaban J connectivity index is 2.18. The zero-order valence-electron chi connectivity index (χ0n) is 15.7. The molecule has 0 saturated carbocycles. The third kappa shape index (κ3) is 3.96. The molecule has 2 N–H and O–H groups in total. The van der Waals surface area contributed by atoms with Gasteiger partial charge in [-0.25, -0.2) is 0 Å². The fourth-order valence-corrected chi connectivity index (χ4v) is 5.59. The van der Waals surface area contributed by atoms with Gasteiger partial charge in [0.15, 0.2) is 0 Å². The molecule has 0 radical (unpaired) electrons. The van der Waals surface area contributed by atoms with Crippen molar-refractivity contribution in [1.82, 2.24) is 9.21 Å². The van der Waals surface area contributed by atoms with E-state index >= 15 is 0 Å². The molecular weight excluding hydrogens is 358 g/mol. The van der Waals surface area contributed by atoms with E-state index in [0.29, 0.717) is 13.1 Å². The molecule has 1 atom stereocenters. The van der Waals surface area contributed by atoms with Crippen LogP contribution in [-0.4, -0.2) is 47.2 Å². The summed E-state index contributed by atoms with van der Waals surface area (Å²) < 4.78 is 2.70. The Labute approximate surface area is 162 Å². The Morgan fingerprint density at radius 3 is 2.33 bits per heavy atom. The minimum absolute atomic E-state index is 0.454. The summed E-state index contributed by atoms with van der Waals surface area (Å²) in [4.78, 5) is 27.9. The lowest BCUT2D eigenvalue weighted by Gasteiger charge is -2.30. The molecule has 0 aromatic heterocycles. The fraction of sp³-hybridized carbons (Fsp3) is 0.286. The van der Waals surface area contributed by atoms with Crippen LogP contribution in [0.5, 0.6) is 0 Å². The van der Waals surface area contributed by atoms with Crippen molar-refractivity contribution in [3.63, 3.8) is 0 Å². The Hall–Kier alpha value is -2.44. The van der Waals surface area contributed by atoms with Gasteiger partial charge < -0.3 is 10.6 Å². The van der Waals surface area contributed by atoms with Gasteiger partial charge in [0.25, 0.3) is 0 Å². The fourth-order valence-electron chi connectivity index (χ4n) is 3.25. The second-order valence-electron chi connectivity index (χ2n) is 6.30. The van der Waals surface area contributed by atoms with E-state index in [1.165, 1.54) is 0 Å². The maximum atomic E-state index is 12.8. The monoisotopic (exact) mass is 383 g/mol. The lowest BCUT2D eigenvalue weighted by molar-refractivity contribution is -0.140. The molecular formula is C21H25N3O2S. The standard InChI is InChI=1S/C21H25N3O2S/c1-3-23(4-2)13-14-24(21(26)20(22)25)27-18-11-7-5-9-16(18)15-17-10-6-8-12-19(17)27/h5-12,15H,3-4,13-14H2,1-2H3,(H2,22,25). The topological polar surface area (TPSA) is 66.6 Å². The van der Waals surface area contributed by atoms with Crippen LogP contribution in [0.1, 0.15) is 19.4 Å². The van der Waals surface area contributed by atoms with E-state index in [4.69, 9.17) is 5.73 Å². The van der Waals surface area contributed by atoms with Crippen molar-refractivity contribution in [2.24, 2.45) is 5.73 Å². The number of benzene rings is 2. The molecule has 1 aliphatic rings. The molecule has 5 nitrogen and oxygen atoms in total.